The second-order valence-corrected chi connectivity index (χ2v) is 14.1. The van der Waals surface area contributed by atoms with Crippen molar-refractivity contribution in [1.82, 2.24) is 10.2 Å². The lowest BCUT2D eigenvalue weighted by Crippen LogP contribution is -2.54. The number of rotatable bonds is 14. The Hall–Kier alpha value is -4.90. The van der Waals surface area contributed by atoms with Crippen LogP contribution < -0.4 is 19.1 Å². The molecule has 4 aromatic rings. The summed E-state index contributed by atoms with van der Waals surface area (Å²) in [5, 5.41) is 3.15. The largest absolute Gasteiger partial charge is 0.493 e. The van der Waals surface area contributed by atoms with Gasteiger partial charge in [0.05, 0.1) is 24.8 Å². The molecular weight excluding hydrogens is 645 g/mol. The van der Waals surface area contributed by atoms with Crippen molar-refractivity contribution in [3.8, 4) is 11.5 Å². The van der Waals surface area contributed by atoms with Crippen LogP contribution >= 0.6 is 0 Å². The fourth-order valence-corrected chi connectivity index (χ4v) is 7.46. The van der Waals surface area contributed by atoms with Gasteiger partial charge in [0.25, 0.3) is 10.0 Å². The summed E-state index contributed by atoms with van der Waals surface area (Å²) in [6.07, 6.45) is 3.88. The molecule has 0 heterocycles. The Morgan fingerprint density at radius 1 is 0.857 bits per heavy atom. The number of hydrogen-bond acceptors (Lipinski definition) is 6. The molecule has 0 aliphatic heterocycles. The van der Waals surface area contributed by atoms with Crippen LogP contribution in [0.15, 0.2) is 102 Å². The third-order valence-corrected chi connectivity index (χ3v) is 10.6. The van der Waals surface area contributed by atoms with Crippen LogP contribution in [0.4, 0.5) is 10.1 Å². The van der Waals surface area contributed by atoms with Gasteiger partial charge in [-0.1, -0.05) is 73.0 Å². The highest BCUT2D eigenvalue weighted by Crippen LogP contribution is 2.34. The first-order chi connectivity index (χ1) is 23.6. The molecule has 258 valence electrons. The van der Waals surface area contributed by atoms with Crippen LogP contribution in [-0.4, -0.2) is 58.0 Å². The fraction of sp³-hybridized carbons (Fsp3) is 0.316. The molecule has 1 saturated carbocycles. The Morgan fingerprint density at radius 3 is 2.14 bits per heavy atom. The van der Waals surface area contributed by atoms with E-state index < -0.39 is 34.3 Å². The molecule has 9 nitrogen and oxygen atoms in total. The molecule has 2 amide bonds. The Morgan fingerprint density at radius 2 is 1.51 bits per heavy atom. The quantitative estimate of drug-likeness (QED) is 0.173. The molecule has 5 rings (SSSR count). The molecule has 1 aliphatic carbocycles. The second-order valence-electron chi connectivity index (χ2n) is 12.2. The van der Waals surface area contributed by atoms with Crippen LogP contribution in [0.2, 0.25) is 0 Å². The predicted octanol–water partition coefficient (Wildman–Crippen LogP) is 6.05. The summed E-state index contributed by atoms with van der Waals surface area (Å²) < 4.78 is 54.5. The lowest BCUT2D eigenvalue weighted by atomic mass is 10.0. The van der Waals surface area contributed by atoms with Gasteiger partial charge in [-0.3, -0.25) is 13.9 Å². The van der Waals surface area contributed by atoms with Gasteiger partial charge in [-0.25, -0.2) is 12.8 Å². The summed E-state index contributed by atoms with van der Waals surface area (Å²) in [6, 6.07) is 25.0. The minimum atomic E-state index is -4.31. The molecule has 0 unspecified atom stereocenters. The zero-order valence-corrected chi connectivity index (χ0v) is 28.8. The van der Waals surface area contributed by atoms with Crippen LogP contribution in [0, 0.1) is 12.7 Å². The van der Waals surface area contributed by atoms with Crippen LogP contribution in [0.1, 0.15) is 42.4 Å². The molecule has 0 saturated heterocycles. The first-order valence-corrected chi connectivity index (χ1v) is 17.7. The number of benzene rings is 4. The highest BCUT2D eigenvalue weighted by Gasteiger charge is 2.36. The highest BCUT2D eigenvalue weighted by molar-refractivity contribution is 7.92. The number of sulfonamides is 1. The van der Waals surface area contributed by atoms with E-state index in [1.54, 1.807) is 36.4 Å². The van der Waals surface area contributed by atoms with Crippen molar-refractivity contribution in [3.05, 3.63) is 120 Å². The van der Waals surface area contributed by atoms with E-state index in [0.29, 0.717) is 11.3 Å². The van der Waals surface area contributed by atoms with Gasteiger partial charge in [0.2, 0.25) is 11.8 Å². The maximum atomic E-state index is 14.7. The van der Waals surface area contributed by atoms with Crippen molar-refractivity contribution in [2.45, 2.75) is 62.6 Å². The van der Waals surface area contributed by atoms with Gasteiger partial charge < -0.3 is 19.7 Å². The van der Waals surface area contributed by atoms with E-state index >= 15 is 0 Å². The minimum absolute atomic E-state index is 0.00872. The summed E-state index contributed by atoms with van der Waals surface area (Å²) in [6.45, 7) is 1.16. The summed E-state index contributed by atoms with van der Waals surface area (Å²) in [5.74, 6) is -0.722. The first-order valence-electron chi connectivity index (χ1n) is 16.3. The summed E-state index contributed by atoms with van der Waals surface area (Å²) >= 11 is 0. The number of methoxy groups -OCH3 is 2. The highest BCUT2D eigenvalue weighted by atomic mass is 32.2. The van der Waals surface area contributed by atoms with Gasteiger partial charge in [-0.05, 0) is 67.3 Å². The van der Waals surface area contributed by atoms with Gasteiger partial charge in [0.15, 0.2) is 11.5 Å². The van der Waals surface area contributed by atoms with E-state index in [2.05, 4.69) is 5.32 Å². The molecule has 4 aromatic carbocycles. The Bertz CT molecular complexity index is 1830. The zero-order chi connectivity index (χ0) is 35.0. The number of amides is 2. The van der Waals surface area contributed by atoms with E-state index in [-0.39, 0.29) is 41.2 Å². The molecule has 49 heavy (non-hydrogen) atoms. The van der Waals surface area contributed by atoms with Crippen LogP contribution in [0.3, 0.4) is 0 Å². The average Bonchev–Trinajstić information content (AvgIpc) is 3.62. The number of nitrogens with zero attached hydrogens (tertiary/aromatic N) is 2. The molecule has 0 radical (unpaired) electrons. The third-order valence-electron chi connectivity index (χ3n) is 8.78. The van der Waals surface area contributed by atoms with E-state index in [0.717, 1.165) is 41.1 Å². The topological polar surface area (TPSA) is 105 Å². The molecule has 11 heteroatoms. The zero-order valence-electron chi connectivity index (χ0n) is 28.0. The standard InChI is InChI=1S/C38H42FN3O6S/c1-27-13-20-33(21-14-27)49(45,46)42(32-19-22-35(47-2)36(24-32)48-3)26-37(43)41(25-29-15-17-30(39)18-16-29)34(23-28-9-5-4-6-10-28)38(44)40-31-11-7-8-12-31/h4-6,9-10,13-22,24,31,34H,7-8,11-12,23,25-26H2,1-3H3,(H,40,44)/t34-/m1/s1. The van der Waals surface area contributed by atoms with Crippen molar-refractivity contribution < 1.29 is 31.9 Å². The van der Waals surface area contributed by atoms with Gasteiger partial charge in [-0.2, -0.15) is 0 Å². The third kappa shape index (κ3) is 8.77. The Balaban J connectivity index is 1.59. The number of anilines is 1. The molecular formula is C38H42FN3O6S. The fourth-order valence-electron chi connectivity index (χ4n) is 6.05. The lowest BCUT2D eigenvalue weighted by molar-refractivity contribution is -0.140. The minimum Gasteiger partial charge on any atom is -0.493 e. The Kier molecular flexibility index (Phi) is 11.6. The van der Waals surface area contributed by atoms with Crippen molar-refractivity contribution in [2.24, 2.45) is 0 Å². The first kappa shape index (κ1) is 35.4. The SMILES string of the molecule is COc1ccc(N(CC(=O)N(Cc2ccc(F)cc2)[C@H](Cc2ccccc2)C(=O)NC2CCCC2)S(=O)(=O)c2ccc(C)cc2)cc1OC. The number of hydrogen-bond donors (Lipinski definition) is 1. The number of halogens is 1. The van der Waals surface area contributed by atoms with Crippen molar-refractivity contribution in [2.75, 3.05) is 25.1 Å². The molecule has 0 aromatic heterocycles. The summed E-state index contributed by atoms with van der Waals surface area (Å²) in [5.41, 5.74) is 2.45. The van der Waals surface area contributed by atoms with E-state index in [9.17, 15) is 22.4 Å². The normalized spacial score (nSPS) is 13.8. The second kappa shape index (κ2) is 16.0. The van der Waals surface area contributed by atoms with Gasteiger partial charge in [-0.15, -0.1) is 0 Å². The van der Waals surface area contributed by atoms with Crippen molar-refractivity contribution in [3.63, 3.8) is 0 Å². The number of nitrogens with one attached hydrogen (secondary N) is 1. The van der Waals surface area contributed by atoms with E-state index in [1.165, 1.54) is 49.5 Å². The Labute approximate surface area is 287 Å². The molecule has 1 N–H and O–H groups in total. The van der Waals surface area contributed by atoms with E-state index in [4.69, 9.17) is 9.47 Å². The molecule has 0 spiro atoms. The van der Waals surface area contributed by atoms with Gasteiger partial charge >= 0.3 is 0 Å². The maximum absolute atomic E-state index is 14.7. The summed E-state index contributed by atoms with van der Waals surface area (Å²) in [7, 11) is -1.40. The monoisotopic (exact) mass is 687 g/mol. The number of ether oxygens (including phenoxy) is 2. The maximum Gasteiger partial charge on any atom is 0.264 e. The predicted molar refractivity (Wildman–Crippen MR) is 187 cm³/mol. The van der Waals surface area contributed by atoms with Crippen molar-refractivity contribution >= 4 is 27.5 Å². The molecule has 0 bridgehead atoms. The van der Waals surface area contributed by atoms with Gasteiger partial charge in [0, 0.05) is 25.1 Å². The van der Waals surface area contributed by atoms with Gasteiger partial charge in [0.1, 0.15) is 18.4 Å². The average molecular weight is 688 g/mol. The molecule has 1 fully saturated rings. The van der Waals surface area contributed by atoms with Crippen LogP contribution in [-0.2, 0) is 32.6 Å². The molecule has 1 aliphatic rings. The van der Waals surface area contributed by atoms with Crippen LogP contribution in [0.25, 0.3) is 0 Å². The van der Waals surface area contributed by atoms with Crippen LogP contribution in [0.5, 0.6) is 11.5 Å². The van der Waals surface area contributed by atoms with Crippen molar-refractivity contribution in [1.29, 1.82) is 0 Å². The smallest absolute Gasteiger partial charge is 0.264 e. The summed E-state index contributed by atoms with van der Waals surface area (Å²) in [4.78, 5) is 30.2. The number of aryl methyl sites for hydroxylation is 1. The lowest BCUT2D eigenvalue weighted by Gasteiger charge is -2.34. The molecule has 1 atom stereocenters. The number of carbonyl (C=O) groups excluding carboxylic acids is 2. The van der Waals surface area contributed by atoms with E-state index in [1.807, 2.05) is 37.3 Å². The number of carbonyl (C=O) groups is 2.